The van der Waals surface area contributed by atoms with Gasteiger partial charge in [-0.15, -0.1) is 0 Å². The third-order valence-corrected chi connectivity index (χ3v) is 6.13. The molecular weight excluding hydrogens is 467 g/mol. The van der Waals surface area contributed by atoms with Gasteiger partial charge in [0.15, 0.2) is 0 Å². The Kier molecular flexibility index (Phi) is 4.83. The molecule has 4 aromatic rings. The van der Waals surface area contributed by atoms with Crippen molar-refractivity contribution in [3.63, 3.8) is 0 Å². The Morgan fingerprint density at radius 3 is 2.74 bits per heavy atom. The molecule has 0 atom stereocenters. The number of aromatic nitrogens is 3. The summed E-state index contributed by atoms with van der Waals surface area (Å²) in [6.07, 6.45) is 3.40. The Hall–Kier alpha value is -2.46. The monoisotopic (exact) mass is 482 g/mol. The molecule has 2 aromatic heterocycles. The van der Waals surface area contributed by atoms with Crippen molar-refractivity contribution < 1.29 is 40.1 Å². The van der Waals surface area contributed by atoms with E-state index in [9.17, 15) is 13.9 Å². The van der Waals surface area contributed by atoms with Crippen molar-refractivity contribution >= 4 is 10.9 Å². The molecule has 0 aliphatic carbocycles. The van der Waals surface area contributed by atoms with Crippen LogP contribution in [-0.4, -0.2) is 23.0 Å². The Labute approximate surface area is 164 Å². The zero-order valence-corrected chi connectivity index (χ0v) is 16.4. The Morgan fingerprint density at radius 1 is 1.19 bits per heavy atom. The molecule has 0 amide bonds. The Bertz CT molecular complexity index is 1110. The summed E-state index contributed by atoms with van der Waals surface area (Å²) in [5.41, 5.74) is 1.85. The van der Waals surface area contributed by atoms with Gasteiger partial charge in [0, 0.05) is 0 Å². The van der Waals surface area contributed by atoms with Crippen LogP contribution in [-0.2, 0) is 6.61 Å². The first-order valence-corrected chi connectivity index (χ1v) is 11.1. The fourth-order valence-electron chi connectivity index (χ4n) is 2.98. The molecule has 2 aromatic carbocycles. The van der Waals surface area contributed by atoms with Crippen molar-refractivity contribution in [3.8, 4) is 22.8 Å². The van der Waals surface area contributed by atoms with Gasteiger partial charge in [0.1, 0.15) is 0 Å². The summed E-state index contributed by atoms with van der Waals surface area (Å²) in [4.78, 5) is 2.06. The summed E-state index contributed by atoms with van der Waals surface area (Å²) in [5.74, 6) is -0.819. The van der Waals surface area contributed by atoms with Crippen LogP contribution in [0.2, 0.25) is 0 Å². The number of hydrogen-bond donors (Lipinski definition) is 2. The number of alkyl halides is 1. The van der Waals surface area contributed by atoms with E-state index in [4.69, 9.17) is 4.74 Å². The number of ether oxygens (including phenoxy) is 1. The number of aliphatic hydroxyl groups excluding tert-OH is 1. The number of fused-ring (bicyclic) bond motifs is 1. The van der Waals surface area contributed by atoms with E-state index >= 15 is 0 Å². The Morgan fingerprint density at radius 2 is 2.04 bits per heavy atom. The predicted molar refractivity (Wildman–Crippen MR) is 93.2 cm³/mol. The molecule has 140 valence electrons. The third kappa shape index (κ3) is 3.19. The van der Waals surface area contributed by atoms with E-state index in [1.165, 1.54) is 30.5 Å². The molecule has 0 spiro atoms. The fraction of sp³-hybridized carbons (Fsp3) is 0.105. The molecule has 0 bridgehead atoms. The Balaban J connectivity index is 1.80. The van der Waals surface area contributed by atoms with E-state index in [0.29, 0.717) is 11.3 Å². The SMILES string of the molecule is C[I-]n1ccc2c(CO)c(Oc3ccc(F)c(-c4ccn[nH]4)c3)c(F)cc21. The second-order valence-corrected chi connectivity index (χ2v) is 7.77. The maximum atomic E-state index is 14.8. The van der Waals surface area contributed by atoms with Gasteiger partial charge in [0.2, 0.25) is 0 Å². The summed E-state index contributed by atoms with van der Waals surface area (Å²) in [6, 6.07) is 9.02. The van der Waals surface area contributed by atoms with E-state index in [-0.39, 0.29) is 45.1 Å². The van der Waals surface area contributed by atoms with Crippen LogP contribution in [0.5, 0.6) is 11.5 Å². The van der Waals surface area contributed by atoms with Crippen LogP contribution in [0, 0.1) is 11.6 Å². The molecule has 8 heteroatoms. The van der Waals surface area contributed by atoms with E-state index in [0.717, 1.165) is 10.9 Å². The van der Waals surface area contributed by atoms with Crippen molar-refractivity contribution in [1.29, 1.82) is 0 Å². The summed E-state index contributed by atoms with van der Waals surface area (Å²) in [7, 11) is 0. The number of H-pyrrole nitrogens is 1. The molecule has 0 fully saturated rings. The van der Waals surface area contributed by atoms with Crippen molar-refractivity contribution in [3.05, 3.63) is 66.0 Å². The molecule has 5 nitrogen and oxygen atoms in total. The van der Waals surface area contributed by atoms with Crippen molar-refractivity contribution in [2.75, 3.05) is 4.93 Å². The molecule has 2 heterocycles. The van der Waals surface area contributed by atoms with Crippen molar-refractivity contribution in [2.24, 2.45) is 0 Å². The normalized spacial score (nSPS) is 11.4. The van der Waals surface area contributed by atoms with Crippen LogP contribution in [0.3, 0.4) is 0 Å². The number of benzene rings is 2. The number of halogens is 3. The van der Waals surface area contributed by atoms with Gasteiger partial charge in [-0.3, -0.25) is 0 Å². The number of hydrogen-bond acceptors (Lipinski definition) is 3. The van der Waals surface area contributed by atoms with Gasteiger partial charge in [-0.2, -0.15) is 0 Å². The van der Waals surface area contributed by atoms with Crippen LogP contribution in [0.15, 0.2) is 48.8 Å². The van der Waals surface area contributed by atoms with Crippen LogP contribution in [0.25, 0.3) is 22.2 Å². The molecule has 0 saturated carbocycles. The van der Waals surface area contributed by atoms with Gasteiger partial charge in [0.05, 0.1) is 0 Å². The second-order valence-electron chi connectivity index (χ2n) is 5.77. The summed E-state index contributed by atoms with van der Waals surface area (Å²) in [5, 5.41) is 17.1. The molecule has 0 unspecified atom stereocenters. The molecule has 27 heavy (non-hydrogen) atoms. The van der Waals surface area contributed by atoms with Gasteiger partial charge in [-0.05, 0) is 0 Å². The van der Waals surface area contributed by atoms with E-state index < -0.39 is 11.6 Å². The number of aliphatic hydroxyl groups is 1. The molecule has 2 N–H and O–H groups in total. The predicted octanol–water partition coefficient (Wildman–Crippen LogP) is 1.08. The number of rotatable bonds is 5. The average Bonchev–Trinajstić information content (AvgIpc) is 3.33. The van der Waals surface area contributed by atoms with E-state index in [2.05, 4.69) is 15.1 Å². The first-order valence-electron chi connectivity index (χ1n) is 8.03. The van der Waals surface area contributed by atoms with Crippen LogP contribution < -0.4 is 26.2 Å². The zero-order valence-electron chi connectivity index (χ0n) is 14.2. The number of nitrogens with one attached hydrogen (secondary N) is 1. The van der Waals surface area contributed by atoms with Gasteiger partial charge in [-0.1, -0.05) is 0 Å². The fourth-order valence-corrected chi connectivity index (χ4v) is 4.38. The zero-order chi connectivity index (χ0) is 19.0. The van der Waals surface area contributed by atoms with E-state index in [1.54, 1.807) is 6.07 Å². The molecule has 0 aliphatic heterocycles. The van der Waals surface area contributed by atoms with Crippen LogP contribution in [0.1, 0.15) is 5.56 Å². The standard InChI is InChI=1S/C19H15F2IN3O2/c1-22-25-7-5-12-14(10-26)19(16(21)9-18(12)25)27-11-2-3-15(20)13(8-11)17-4-6-23-24-17/h2-9,26H,10H2,1H3,(H,23,24)/q-1. The van der Waals surface area contributed by atoms with Crippen LogP contribution >= 0.6 is 0 Å². The number of nitrogens with zero attached hydrogens (tertiary/aromatic N) is 2. The second kappa shape index (κ2) is 7.28. The van der Waals surface area contributed by atoms with Crippen LogP contribution in [0.4, 0.5) is 8.78 Å². The third-order valence-electron chi connectivity index (χ3n) is 4.25. The van der Waals surface area contributed by atoms with E-state index in [1.807, 2.05) is 15.0 Å². The van der Waals surface area contributed by atoms with Gasteiger partial charge in [0.25, 0.3) is 0 Å². The molecule has 0 radical (unpaired) electrons. The first-order chi connectivity index (χ1) is 13.1. The first kappa shape index (κ1) is 17.9. The van der Waals surface area contributed by atoms with Gasteiger partial charge in [-0.25, -0.2) is 0 Å². The summed E-state index contributed by atoms with van der Waals surface area (Å²) in [6.45, 7) is -0.371. The summed E-state index contributed by atoms with van der Waals surface area (Å²) >= 11 is -0.298. The van der Waals surface area contributed by atoms with Crippen molar-refractivity contribution in [1.82, 2.24) is 13.0 Å². The summed E-state index contributed by atoms with van der Waals surface area (Å²) < 4.78 is 36.6. The average molecular weight is 482 g/mol. The molecule has 0 aliphatic rings. The maximum absolute atomic E-state index is 14.8. The topological polar surface area (TPSA) is 63.1 Å². The minimum absolute atomic E-state index is 0.0563. The molecule has 0 saturated heterocycles. The van der Waals surface area contributed by atoms with Crippen molar-refractivity contribution in [2.45, 2.75) is 6.61 Å². The number of aromatic amines is 1. The molecule has 4 rings (SSSR count). The van der Waals surface area contributed by atoms with Gasteiger partial charge < -0.3 is 0 Å². The quantitative estimate of drug-likeness (QED) is 0.331. The van der Waals surface area contributed by atoms with Gasteiger partial charge >= 0.3 is 164 Å². The minimum atomic E-state index is -0.573. The molecular formula is C19H15F2IN3O2-.